The molecule has 0 spiro atoms. The minimum absolute atomic E-state index is 0.760. The van der Waals surface area contributed by atoms with Crippen LogP contribution in [0.4, 0.5) is 0 Å². The summed E-state index contributed by atoms with van der Waals surface area (Å²) in [5, 5.41) is 9.76. The summed E-state index contributed by atoms with van der Waals surface area (Å²) in [6.45, 7) is 2.94. The molecule has 0 aliphatic rings. The third kappa shape index (κ3) is 4.10. The van der Waals surface area contributed by atoms with E-state index in [1.807, 2.05) is 66.7 Å². The fourth-order valence-electron chi connectivity index (χ4n) is 2.96. The maximum absolute atomic E-state index is 6.07. The third-order valence-electron chi connectivity index (χ3n) is 4.37. The van der Waals surface area contributed by atoms with Gasteiger partial charge in [-0.1, -0.05) is 78.5 Å². The predicted molar refractivity (Wildman–Crippen MR) is 114 cm³/mol. The van der Waals surface area contributed by atoms with E-state index in [0.29, 0.717) is 0 Å². The summed E-state index contributed by atoms with van der Waals surface area (Å²) in [4.78, 5) is 0. The number of para-hydroxylation sites is 2. The smallest absolute Gasteiger partial charge is 0.191 e. The van der Waals surface area contributed by atoms with E-state index in [1.165, 1.54) is 0 Å². The maximum atomic E-state index is 6.07. The molecule has 0 aliphatic carbocycles. The molecule has 0 saturated heterocycles. The van der Waals surface area contributed by atoms with Crippen molar-refractivity contribution < 1.29 is 4.74 Å². The van der Waals surface area contributed by atoms with Crippen LogP contribution in [0.15, 0.2) is 90.1 Å². The van der Waals surface area contributed by atoms with Crippen molar-refractivity contribution >= 4 is 11.8 Å². The molecule has 4 nitrogen and oxygen atoms in total. The molecule has 140 valence electrons. The van der Waals surface area contributed by atoms with E-state index in [0.717, 1.165) is 45.9 Å². The van der Waals surface area contributed by atoms with Crippen LogP contribution in [0.1, 0.15) is 12.5 Å². The van der Waals surface area contributed by atoms with Gasteiger partial charge in [0.15, 0.2) is 11.0 Å². The largest absolute Gasteiger partial charge is 0.457 e. The molecule has 0 saturated carbocycles. The Balaban J connectivity index is 1.53. The van der Waals surface area contributed by atoms with Gasteiger partial charge in [0, 0.05) is 23.4 Å². The molecule has 5 heteroatoms. The minimum Gasteiger partial charge on any atom is -0.457 e. The van der Waals surface area contributed by atoms with Gasteiger partial charge >= 0.3 is 0 Å². The van der Waals surface area contributed by atoms with Gasteiger partial charge in [-0.25, -0.2) is 0 Å². The number of nitrogens with zero attached hydrogens (tertiary/aromatic N) is 3. The number of hydrogen-bond donors (Lipinski definition) is 0. The number of benzene rings is 3. The molecule has 0 fully saturated rings. The Kier molecular flexibility index (Phi) is 5.73. The van der Waals surface area contributed by atoms with Crippen LogP contribution in [0, 0.1) is 0 Å². The second-order valence-corrected chi connectivity index (χ2v) is 7.17. The van der Waals surface area contributed by atoms with E-state index in [4.69, 9.17) is 4.74 Å². The van der Waals surface area contributed by atoms with Crippen molar-refractivity contribution in [3.8, 4) is 22.9 Å². The van der Waals surface area contributed by atoms with Crippen LogP contribution in [0.25, 0.3) is 11.4 Å². The van der Waals surface area contributed by atoms with E-state index >= 15 is 0 Å². The molecular formula is C23H21N3OS. The van der Waals surface area contributed by atoms with Crippen molar-refractivity contribution in [1.29, 1.82) is 0 Å². The zero-order chi connectivity index (χ0) is 19.2. The van der Waals surface area contributed by atoms with Crippen LogP contribution >= 0.6 is 11.8 Å². The summed E-state index contributed by atoms with van der Waals surface area (Å²) in [7, 11) is 0. The molecule has 0 atom stereocenters. The Bertz CT molecular complexity index is 1030. The van der Waals surface area contributed by atoms with E-state index in [-0.39, 0.29) is 0 Å². The first-order chi connectivity index (χ1) is 13.8. The highest BCUT2D eigenvalue weighted by Gasteiger charge is 2.14. The molecule has 1 aromatic heterocycles. The molecule has 0 bridgehead atoms. The molecule has 28 heavy (non-hydrogen) atoms. The lowest BCUT2D eigenvalue weighted by molar-refractivity contribution is 0.478. The highest BCUT2D eigenvalue weighted by Crippen LogP contribution is 2.31. The summed E-state index contributed by atoms with van der Waals surface area (Å²) < 4.78 is 8.23. The highest BCUT2D eigenvalue weighted by atomic mass is 32.2. The molecular weight excluding hydrogens is 366 g/mol. The molecule has 1 heterocycles. The quantitative estimate of drug-likeness (QED) is 0.362. The average Bonchev–Trinajstić information content (AvgIpc) is 3.17. The number of rotatable bonds is 7. The first-order valence-corrected chi connectivity index (χ1v) is 10.3. The van der Waals surface area contributed by atoms with Crippen LogP contribution in [0.5, 0.6) is 11.5 Å². The lowest BCUT2D eigenvalue weighted by Crippen LogP contribution is -2.00. The van der Waals surface area contributed by atoms with Crippen LogP contribution in [-0.2, 0) is 12.3 Å². The monoisotopic (exact) mass is 387 g/mol. The third-order valence-corrected chi connectivity index (χ3v) is 5.38. The molecule has 0 N–H and O–H groups in total. The Morgan fingerprint density at radius 3 is 2.25 bits per heavy atom. The zero-order valence-corrected chi connectivity index (χ0v) is 16.5. The standard InChI is InChI=1S/C23H21N3OS/c1-2-26-22(18-11-5-3-6-12-18)24-25-23(26)28-17-19-13-9-10-16-21(19)27-20-14-7-4-8-15-20/h3-16H,2,17H2,1H3. The van der Waals surface area contributed by atoms with E-state index in [9.17, 15) is 0 Å². The molecule has 0 unspecified atom stereocenters. The van der Waals surface area contributed by atoms with Gasteiger partial charge in [-0.2, -0.15) is 0 Å². The summed E-state index contributed by atoms with van der Waals surface area (Å²) >= 11 is 1.67. The number of thioether (sulfide) groups is 1. The zero-order valence-electron chi connectivity index (χ0n) is 15.7. The van der Waals surface area contributed by atoms with Gasteiger partial charge in [0.2, 0.25) is 0 Å². The summed E-state index contributed by atoms with van der Waals surface area (Å²) in [6.07, 6.45) is 0. The average molecular weight is 388 g/mol. The van der Waals surface area contributed by atoms with Crippen molar-refractivity contribution in [3.63, 3.8) is 0 Å². The first kappa shape index (κ1) is 18.3. The van der Waals surface area contributed by atoms with Crippen LogP contribution in [-0.4, -0.2) is 14.8 Å². The van der Waals surface area contributed by atoms with Crippen molar-refractivity contribution in [1.82, 2.24) is 14.8 Å². The lowest BCUT2D eigenvalue weighted by Gasteiger charge is -2.11. The van der Waals surface area contributed by atoms with Crippen molar-refractivity contribution in [2.45, 2.75) is 24.4 Å². The van der Waals surface area contributed by atoms with Gasteiger partial charge in [0.1, 0.15) is 11.5 Å². The number of hydrogen-bond acceptors (Lipinski definition) is 4. The van der Waals surface area contributed by atoms with Crippen molar-refractivity contribution in [2.24, 2.45) is 0 Å². The van der Waals surface area contributed by atoms with Gasteiger partial charge in [0.25, 0.3) is 0 Å². The summed E-state index contributed by atoms with van der Waals surface area (Å²) in [6, 6.07) is 28.2. The Hall–Kier alpha value is -3.05. The first-order valence-electron chi connectivity index (χ1n) is 9.27. The van der Waals surface area contributed by atoms with Gasteiger partial charge < -0.3 is 9.30 Å². The predicted octanol–water partition coefficient (Wildman–Crippen LogP) is 6.05. The van der Waals surface area contributed by atoms with Gasteiger partial charge in [-0.15, -0.1) is 10.2 Å². The van der Waals surface area contributed by atoms with Crippen LogP contribution < -0.4 is 4.74 Å². The fraction of sp³-hybridized carbons (Fsp3) is 0.130. The summed E-state index contributed by atoms with van der Waals surface area (Å²) in [5.41, 5.74) is 2.21. The van der Waals surface area contributed by atoms with E-state index in [2.05, 4.69) is 39.9 Å². The van der Waals surface area contributed by atoms with Crippen molar-refractivity contribution in [2.75, 3.05) is 0 Å². The van der Waals surface area contributed by atoms with Gasteiger partial charge in [-0.05, 0) is 25.1 Å². The molecule has 4 aromatic rings. The summed E-state index contributed by atoms with van der Waals surface area (Å²) in [5.74, 6) is 3.37. The fourth-order valence-corrected chi connectivity index (χ4v) is 3.95. The number of ether oxygens (including phenoxy) is 1. The lowest BCUT2D eigenvalue weighted by atomic mass is 10.2. The van der Waals surface area contributed by atoms with Gasteiger partial charge in [-0.3, -0.25) is 0 Å². The topological polar surface area (TPSA) is 39.9 Å². The molecule has 0 amide bonds. The van der Waals surface area contributed by atoms with Crippen LogP contribution in [0.2, 0.25) is 0 Å². The Morgan fingerprint density at radius 1 is 0.821 bits per heavy atom. The van der Waals surface area contributed by atoms with E-state index in [1.54, 1.807) is 11.8 Å². The molecule has 0 radical (unpaired) electrons. The van der Waals surface area contributed by atoms with Crippen molar-refractivity contribution in [3.05, 3.63) is 90.5 Å². The molecule has 3 aromatic carbocycles. The maximum Gasteiger partial charge on any atom is 0.191 e. The highest BCUT2D eigenvalue weighted by molar-refractivity contribution is 7.98. The van der Waals surface area contributed by atoms with Crippen LogP contribution in [0.3, 0.4) is 0 Å². The Morgan fingerprint density at radius 2 is 1.50 bits per heavy atom. The minimum atomic E-state index is 0.760. The van der Waals surface area contributed by atoms with E-state index < -0.39 is 0 Å². The molecule has 4 rings (SSSR count). The van der Waals surface area contributed by atoms with Gasteiger partial charge in [0.05, 0.1) is 0 Å². The number of aromatic nitrogens is 3. The normalized spacial score (nSPS) is 10.8. The second-order valence-electron chi connectivity index (χ2n) is 6.23. The molecule has 0 aliphatic heterocycles. The second kappa shape index (κ2) is 8.76. The SMILES string of the molecule is CCn1c(SCc2ccccc2Oc2ccccc2)nnc1-c1ccccc1. The Labute approximate surface area is 169 Å².